The van der Waals surface area contributed by atoms with Gasteiger partial charge in [-0.15, -0.1) is 0 Å². The third kappa shape index (κ3) is 2.64. The van der Waals surface area contributed by atoms with E-state index in [0.29, 0.717) is 11.4 Å². The molecule has 0 fully saturated rings. The van der Waals surface area contributed by atoms with Gasteiger partial charge in [0.05, 0.1) is 11.9 Å². The lowest BCUT2D eigenvalue weighted by molar-refractivity contribution is 0.101. The predicted molar refractivity (Wildman–Crippen MR) is 73.7 cm³/mol. The predicted octanol–water partition coefficient (Wildman–Crippen LogP) is 2.74. The molecule has 18 heavy (non-hydrogen) atoms. The van der Waals surface area contributed by atoms with Crippen LogP contribution in [0.5, 0.6) is 0 Å². The van der Waals surface area contributed by atoms with Crippen LogP contribution in [0, 0.1) is 0 Å². The second-order valence-corrected chi connectivity index (χ2v) is 4.78. The van der Waals surface area contributed by atoms with E-state index in [4.69, 9.17) is 0 Å². The molecular weight excluding hydrogens is 296 g/mol. The molecule has 0 radical (unpaired) electrons. The lowest BCUT2D eigenvalue weighted by Gasteiger charge is -2.05. The first-order valence-electron chi connectivity index (χ1n) is 5.83. The van der Waals surface area contributed by atoms with Crippen molar-refractivity contribution >= 4 is 27.5 Å². The number of carbonyl (C=O) groups excluding carboxylic acids is 1. The van der Waals surface area contributed by atoms with Crippen LogP contribution in [0.3, 0.4) is 0 Å². The summed E-state index contributed by atoms with van der Waals surface area (Å²) in [6.07, 6.45) is 5.35. The van der Waals surface area contributed by atoms with Crippen molar-refractivity contribution in [1.29, 1.82) is 0 Å². The maximum atomic E-state index is 12.1. The number of halogens is 1. The molecule has 0 atom stereocenters. The highest BCUT2D eigenvalue weighted by Gasteiger charge is 2.13. The highest BCUT2D eigenvalue weighted by molar-refractivity contribution is 9.10. The number of amides is 1. The van der Waals surface area contributed by atoms with Gasteiger partial charge in [-0.2, -0.15) is 5.10 Å². The molecule has 0 saturated heterocycles. The van der Waals surface area contributed by atoms with Crippen LogP contribution >= 0.6 is 15.9 Å². The lowest BCUT2D eigenvalue weighted by Crippen LogP contribution is -2.16. The van der Waals surface area contributed by atoms with Gasteiger partial charge in [0.15, 0.2) is 0 Å². The van der Waals surface area contributed by atoms with Crippen LogP contribution in [0.2, 0.25) is 0 Å². The third-order valence-electron chi connectivity index (χ3n) is 2.65. The van der Waals surface area contributed by atoms with E-state index in [2.05, 4.69) is 26.3 Å². The van der Waals surface area contributed by atoms with Crippen molar-refractivity contribution in [2.45, 2.75) is 26.9 Å². The van der Waals surface area contributed by atoms with Crippen molar-refractivity contribution in [2.24, 2.45) is 0 Å². The van der Waals surface area contributed by atoms with Gasteiger partial charge in [0.2, 0.25) is 0 Å². The number of nitrogens with one attached hydrogen (secondary N) is 1. The molecule has 0 aliphatic carbocycles. The fraction of sp³-hybridized carbons (Fsp3) is 0.333. The Kier molecular flexibility index (Phi) is 3.86. The first-order valence-corrected chi connectivity index (χ1v) is 6.62. The van der Waals surface area contributed by atoms with Crippen molar-refractivity contribution in [3.63, 3.8) is 0 Å². The van der Waals surface area contributed by atoms with E-state index in [1.807, 2.05) is 36.9 Å². The Morgan fingerprint density at radius 2 is 2.17 bits per heavy atom. The molecule has 0 aliphatic rings. The quantitative estimate of drug-likeness (QED) is 0.944. The average Bonchev–Trinajstić information content (AvgIpc) is 2.95. The van der Waals surface area contributed by atoms with Gasteiger partial charge in [-0.25, -0.2) is 0 Å². The van der Waals surface area contributed by atoms with Crippen molar-refractivity contribution in [2.75, 3.05) is 5.32 Å². The first-order chi connectivity index (χ1) is 8.63. The molecule has 1 N–H and O–H groups in total. The van der Waals surface area contributed by atoms with E-state index in [0.717, 1.165) is 17.6 Å². The molecule has 2 rings (SSSR count). The van der Waals surface area contributed by atoms with Crippen LogP contribution in [0.4, 0.5) is 5.69 Å². The Morgan fingerprint density at radius 1 is 1.39 bits per heavy atom. The van der Waals surface area contributed by atoms with Crippen molar-refractivity contribution in [3.05, 3.63) is 34.8 Å². The van der Waals surface area contributed by atoms with E-state index in [9.17, 15) is 4.79 Å². The summed E-state index contributed by atoms with van der Waals surface area (Å²) in [7, 11) is 0. The molecule has 0 aliphatic heterocycles. The summed E-state index contributed by atoms with van der Waals surface area (Å²) < 4.78 is 4.56. The zero-order valence-electron chi connectivity index (χ0n) is 10.4. The highest BCUT2D eigenvalue weighted by atomic mass is 79.9. The largest absolute Gasteiger partial charge is 0.343 e. The summed E-state index contributed by atoms with van der Waals surface area (Å²) in [5.74, 6) is -0.127. The fourth-order valence-corrected chi connectivity index (χ4v) is 2.19. The van der Waals surface area contributed by atoms with Gasteiger partial charge in [0.25, 0.3) is 5.91 Å². The number of carbonyl (C=O) groups is 1. The Morgan fingerprint density at radius 3 is 2.78 bits per heavy atom. The zero-order valence-corrected chi connectivity index (χ0v) is 11.9. The van der Waals surface area contributed by atoms with Gasteiger partial charge in [-0.1, -0.05) is 0 Å². The summed E-state index contributed by atoms with van der Waals surface area (Å²) in [5.41, 5.74) is 1.34. The molecule has 0 saturated carbocycles. The fourth-order valence-electron chi connectivity index (χ4n) is 1.72. The highest BCUT2D eigenvalue weighted by Crippen LogP contribution is 2.16. The van der Waals surface area contributed by atoms with E-state index < -0.39 is 0 Å². The molecule has 0 aromatic carbocycles. The second-order valence-electron chi connectivity index (χ2n) is 3.87. The molecule has 0 spiro atoms. The first kappa shape index (κ1) is 12.9. The Labute approximate surface area is 114 Å². The van der Waals surface area contributed by atoms with Gasteiger partial charge in [-0.05, 0) is 35.8 Å². The minimum Gasteiger partial charge on any atom is -0.343 e. The van der Waals surface area contributed by atoms with Crippen LogP contribution < -0.4 is 5.32 Å². The number of hydrogen-bond donors (Lipinski definition) is 1. The lowest BCUT2D eigenvalue weighted by atomic mass is 10.4. The zero-order chi connectivity index (χ0) is 13.1. The topological polar surface area (TPSA) is 51.9 Å². The monoisotopic (exact) mass is 310 g/mol. The molecule has 0 bridgehead atoms. The van der Waals surface area contributed by atoms with E-state index in [-0.39, 0.29) is 5.91 Å². The van der Waals surface area contributed by atoms with Crippen LogP contribution in [-0.4, -0.2) is 20.3 Å². The van der Waals surface area contributed by atoms with Crippen LogP contribution in [0.1, 0.15) is 24.3 Å². The van der Waals surface area contributed by atoms with E-state index in [1.165, 1.54) is 0 Å². The summed E-state index contributed by atoms with van der Waals surface area (Å²) in [6, 6.07) is 1.81. The Bertz CT molecular complexity index is 558. The van der Waals surface area contributed by atoms with Gasteiger partial charge in [-0.3, -0.25) is 9.48 Å². The molecule has 96 valence electrons. The van der Waals surface area contributed by atoms with Crippen molar-refractivity contribution in [1.82, 2.24) is 14.3 Å². The van der Waals surface area contributed by atoms with Gasteiger partial charge in [0.1, 0.15) is 5.69 Å². The number of rotatable bonds is 4. The number of aryl methyl sites for hydroxylation is 2. The summed E-state index contributed by atoms with van der Waals surface area (Å²) >= 11 is 3.38. The van der Waals surface area contributed by atoms with Crippen LogP contribution in [0.15, 0.2) is 29.1 Å². The minimum atomic E-state index is -0.127. The van der Waals surface area contributed by atoms with Gasteiger partial charge in [0, 0.05) is 30.0 Å². The molecule has 0 unspecified atom stereocenters. The molecule has 2 aromatic rings. The second kappa shape index (κ2) is 5.39. The number of nitrogens with zero attached hydrogens (tertiary/aromatic N) is 3. The molecular formula is C12H15BrN4O. The molecule has 1 amide bonds. The SMILES string of the molecule is CCn1cc(NC(=O)c2cc(Br)cn2CC)cn1. The van der Waals surface area contributed by atoms with E-state index >= 15 is 0 Å². The summed E-state index contributed by atoms with van der Waals surface area (Å²) in [6.45, 7) is 5.53. The number of hydrogen-bond acceptors (Lipinski definition) is 2. The molecule has 5 nitrogen and oxygen atoms in total. The average molecular weight is 311 g/mol. The molecule has 2 heterocycles. The number of aromatic nitrogens is 3. The molecule has 2 aromatic heterocycles. The molecule has 6 heteroatoms. The normalized spacial score (nSPS) is 10.6. The summed E-state index contributed by atoms with van der Waals surface area (Å²) in [5, 5.41) is 6.95. The smallest absolute Gasteiger partial charge is 0.272 e. The van der Waals surface area contributed by atoms with Crippen molar-refractivity contribution in [3.8, 4) is 0 Å². The Hall–Kier alpha value is -1.56. The minimum absolute atomic E-state index is 0.127. The van der Waals surface area contributed by atoms with Crippen molar-refractivity contribution < 1.29 is 4.79 Å². The van der Waals surface area contributed by atoms with Crippen LogP contribution in [-0.2, 0) is 13.1 Å². The standard InChI is InChI=1S/C12H15BrN4O/c1-3-16-7-9(13)5-11(16)12(18)15-10-6-14-17(4-2)8-10/h5-8H,3-4H2,1-2H3,(H,15,18). The van der Waals surface area contributed by atoms with Gasteiger partial charge < -0.3 is 9.88 Å². The van der Waals surface area contributed by atoms with Crippen LogP contribution in [0.25, 0.3) is 0 Å². The van der Waals surface area contributed by atoms with Gasteiger partial charge >= 0.3 is 0 Å². The third-order valence-corrected chi connectivity index (χ3v) is 3.09. The Balaban J connectivity index is 2.16. The summed E-state index contributed by atoms with van der Waals surface area (Å²) in [4.78, 5) is 12.1. The van der Waals surface area contributed by atoms with E-state index in [1.54, 1.807) is 10.9 Å². The number of anilines is 1. The maximum Gasteiger partial charge on any atom is 0.272 e. The maximum absolute atomic E-state index is 12.1.